The number of carbonyl (C=O) groups excluding carboxylic acids is 3. The third kappa shape index (κ3) is 4.86. The highest BCUT2D eigenvalue weighted by atomic mass is 16.2. The topological polar surface area (TPSA) is 139 Å². The van der Waals surface area contributed by atoms with E-state index in [-0.39, 0.29) is 12.8 Å². The number of amides is 3. The SMILES string of the molecule is Cc1ccccc1C(=O)NC(CCC(=O)NN)C(=O)NN. The molecule has 0 radical (unpaired) electrons. The molecule has 1 rings (SSSR count). The summed E-state index contributed by atoms with van der Waals surface area (Å²) in [4.78, 5) is 34.9. The summed E-state index contributed by atoms with van der Waals surface area (Å²) in [6.07, 6.45) is 0.0757. The van der Waals surface area contributed by atoms with Crippen LogP contribution in [0.3, 0.4) is 0 Å². The van der Waals surface area contributed by atoms with Gasteiger partial charge < -0.3 is 5.32 Å². The molecule has 0 aromatic heterocycles. The first kappa shape index (κ1) is 16.6. The summed E-state index contributed by atoms with van der Waals surface area (Å²) in [6, 6.07) is 6.05. The van der Waals surface area contributed by atoms with Crippen molar-refractivity contribution in [2.45, 2.75) is 25.8 Å². The van der Waals surface area contributed by atoms with Crippen LogP contribution in [0.2, 0.25) is 0 Å². The van der Waals surface area contributed by atoms with Crippen molar-refractivity contribution in [1.82, 2.24) is 16.2 Å². The van der Waals surface area contributed by atoms with Gasteiger partial charge >= 0.3 is 0 Å². The zero-order chi connectivity index (χ0) is 15.8. The monoisotopic (exact) mass is 293 g/mol. The Bertz CT molecular complexity index is 532. The van der Waals surface area contributed by atoms with Crippen LogP contribution in [0.4, 0.5) is 0 Å². The van der Waals surface area contributed by atoms with Gasteiger partial charge in [0.25, 0.3) is 11.8 Å². The predicted molar refractivity (Wildman–Crippen MR) is 76.3 cm³/mol. The van der Waals surface area contributed by atoms with Gasteiger partial charge in [-0.1, -0.05) is 18.2 Å². The van der Waals surface area contributed by atoms with Crippen molar-refractivity contribution >= 4 is 17.7 Å². The van der Waals surface area contributed by atoms with Gasteiger partial charge in [-0.2, -0.15) is 0 Å². The van der Waals surface area contributed by atoms with Crippen LogP contribution in [0, 0.1) is 6.92 Å². The van der Waals surface area contributed by atoms with Gasteiger partial charge in [0, 0.05) is 12.0 Å². The Kier molecular flexibility index (Phi) is 6.31. The van der Waals surface area contributed by atoms with Crippen molar-refractivity contribution in [2.75, 3.05) is 0 Å². The van der Waals surface area contributed by atoms with E-state index in [1.165, 1.54) is 0 Å². The number of benzene rings is 1. The second-order valence-corrected chi connectivity index (χ2v) is 4.46. The Morgan fingerprint density at radius 1 is 1.14 bits per heavy atom. The quantitative estimate of drug-likeness (QED) is 0.256. The Hall–Kier alpha value is -2.45. The summed E-state index contributed by atoms with van der Waals surface area (Å²) in [7, 11) is 0. The smallest absolute Gasteiger partial charge is 0.256 e. The Balaban J connectivity index is 2.76. The molecule has 0 spiro atoms. The molecule has 0 saturated carbocycles. The second-order valence-electron chi connectivity index (χ2n) is 4.46. The molecule has 0 heterocycles. The van der Waals surface area contributed by atoms with Crippen LogP contribution in [0.1, 0.15) is 28.8 Å². The Labute approximate surface area is 122 Å². The number of carbonyl (C=O) groups is 3. The van der Waals surface area contributed by atoms with E-state index in [0.717, 1.165) is 5.56 Å². The van der Waals surface area contributed by atoms with Gasteiger partial charge in [0.2, 0.25) is 5.91 Å². The van der Waals surface area contributed by atoms with Crippen molar-refractivity contribution in [3.8, 4) is 0 Å². The van der Waals surface area contributed by atoms with E-state index in [1.807, 2.05) is 16.9 Å². The molecule has 0 saturated heterocycles. The molecule has 7 N–H and O–H groups in total. The number of hydrogen-bond donors (Lipinski definition) is 5. The van der Waals surface area contributed by atoms with E-state index in [2.05, 4.69) is 5.32 Å². The molecular formula is C13H19N5O3. The molecule has 0 aliphatic heterocycles. The molecule has 0 aliphatic carbocycles. The molecule has 21 heavy (non-hydrogen) atoms. The molecule has 1 aromatic rings. The lowest BCUT2D eigenvalue weighted by molar-refractivity contribution is -0.124. The molecule has 1 unspecified atom stereocenters. The fourth-order valence-corrected chi connectivity index (χ4v) is 1.78. The van der Waals surface area contributed by atoms with Crippen molar-refractivity contribution in [1.29, 1.82) is 0 Å². The number of rotatable bonds is 6. The number of hydrazine groups is 2. The molecule has 1 aromatic carbocycles. The summed E-state index contributed by atoms with van der Waals surface area (Å²) in [5, 5.41) is 2.55. The van der Waals surface area contributed by atoms with Crippen LogP contribution < -0.4 is 27.9 Å². The van der Waals surface area contributed by atoms with Crippen LogP contribution in [0.5, 0.6) is 0 Å². The summed E-state index contributed by atoms with van der Waals surface area (Å²) in [5.41, 5.74) is 5.15. The van der Waals surface area contributed by atoms with Crippen LogP contribution in [-0.2, 0) is 9.59 Å². The van der Waals surface area contributed by atoms with E-state index < -0.39 is 23.8 Å². The molecule has 8 heteroatoms. The molecular weight excluding hydrogens is 274 g/mol. The maximum atomic E-state index is 12.2. The van der Waals surface area contributed by atoms with Gasteiger partial charge in [0.15, 0.2) is 0 Å². The van der Waals surface area contributed by atoms with Gasteiger partial charge in [0.05, 0.1) is 0 Å². The van der Waals surface area contributed by atoms with Crippen LogP contribution in [0.15, 0.2) is 24.3 Å². The van der Waals surface area contributed by atoms with Gasteiger partial charge in [0.1, 0.15) is 6.04 Å². The van der Waals surface area contributed by atoms with Gasteiger partial charge in [-0.25, -0.2) is 11.7 Å². The fraction of sp³-hybridized carbons (Fsp3) is 0.308. The minimum Gasteiger partial charge on any atom is -0.340 e. The maximum Gasteiger partial charge on any atom is 0.256 e. The summed E-state index contributed by atoms with van der Waals surface area (Å²) in [5.74, 6) is 8.62. The first-order valence-electron chi connectivity index (χ1n) is 6.36. The highest BCUT2D eigenvalue weighted by Crippen LogP contribution is 2.08. The van der Waals surface area contributed by atoms with Crippen molar-refractivity contribution in [2.24, 2.45) is 11.7 Å². The molecule has 0 bridgehead atoms. The summed E-state index contributed by atoms with van der Waals surface area (Å²) < 4.78 is 0. The molecule has 1 atom stereocenters. The largest absolute Gasteiger partial charge is 0.340 e. The van der Waals surface area contributed by atoms with Gasteiger partial charge in [-0.3, -0.25) is 25.2 Å². The van der Waals surface area contributed by atoms with Gasteiger partial charge in [-0.15, -0.1) is 0 Å². The molecule has 8 nitrogen and oxygen atoms in total. The minimum atomic E-state index is -0.917. The van der Waals surface area contributed by atoms with Crippen molar-refractivity contribution in [3.63, 3.8) is 0 Å². The van der Waals surface area contributed by atoms with E-state index in [9.17, 15) is 14.4 Å². The normalized spacial score (nSPS) is 11.4. The maximum absolute atomic E-state index is 12.2. The summed E-state index contributed by atoms with van der Waals surface area (Å²) >= 11 is 0. The van der Waals surface area contributed by atoms with Crippen LogP contribution in [0.25, 0.3) is 0 Å². The molecule has 0 aliphatic rings. The fourth-order valence-electron chi connectivity index (χ4n) is 1.78. The number of aryl methyl sites for hydroxylation is 1. The second kappa shape index (κ2) is 7.98. The van der Waals surface area contributed by atoms with Crippen LogP contribution >= 0.6 is 0 Å². The lowest BCUT2D eigenvalue weighted by Crippen LogP contribution is -2.49. The number of nitrogens with two attached hydrogens (primary N) is 2. The highest BCUT2D eigenvalue weighted by molar-refractivity contribution is 5.98. The van der Waals surface area contributed by atoms with E-state index >= 15 is 0 Å². The number of nitrogens with one attached hydrogen (secondary N) is 3. The average Bonchev–Trinajstić information content (AvgIpc) is 2.50. The molecule has 3 amide bonds. The first-order chi connectivity index (χ1) is 9.99. The third-order valence-corrected chi connectivity index (χ3v) is 2.97. The van der Waals surface area contributed by atoms with E-state index in [0.29, 0.717) is 5.56 Å². The highest BCUT2D eigenvalue weighted by Gasteiger charge is 2.22. The Morgan fingerprint density at radius 3 is 2.38 bits per heavy atom. The lowest BCUT2D eigenvalue weighted by Gasteiger charge is -2.17. The minimum absolute atomic E-state index is 0.0113. The van der Waals surface area contributed by atoms with E-state index in [1.54, 1.807) is 25.1 Å². The van der Waals surface area contributed by atoms with E-state index in [4.69, 9.17) is 11.7 Å². The zero-order valence-electron chi connectivity index (χ0n) is 11.7. The molecule has 114 valence electrons. The molecule has 0 fully saturated rings. The number of hydrogen-bond acceptors (Lipinski definition) is 5. The lowest BCUT2D eigenvalue weighted by atomic mass is 10.1. The zero-order valence-corrected chi connectivity index (χ0v) is 11.7. The third-order valence-electron chi connectivity index (χ3n) is 2.97. The van der Waals surface area contributed by atoms with Crippen LogP contribution in [-0.4, -0.2) is 23.8 Å². The Morgan fingerprint density at radius 2 is 1.81 bits per heavy atom. The van der Waals surface area contributed by atoms with Gasteiger partial charge in [-0.05, 0) is 25.0 Å². The van der Waals surface area contributed by atoms with Crippen molar-refractivity contribution in [3.05, 3.63) is 35.4 Å². The average molecular weight is 293 g/mol. The summed E-state index contributed by atoms with van der Waals surface area (Å²) in [6.45, 7) is 1.79. The first-order valence-corrected chi connectivity index (χ1v) is 6.36. The van der Waals surface area contributed by atoms with Crippen molar-refractivity contribution < 1.29 is 14.4 Å². The predicted octanol–water partition coefficient (Wildman–Crippen LogP) is -1.15. The standard InChI is InChI=1S/C13H19N5O3/c1-8-4-2-3-5-9(8)12(20)16-10(13(21)18-15)6-7-11(19)17-14/h2-5,10H,6-7,14-15H2,1H3,(H,16,20)(H,17,19)(H,18,21).